The fourth-order valence-electron chi connectivity index (χ4n) is 1.89. The van der Waals surface area contributed by atoms with Gasteiger partial charge in [-0.2, -0.15) is 0 Å². The van der Waals surface area contributed by atoms with E-state index in [1.165, 1.54) is 4.90 Å². The van der Waals surface area contributed by atoms with Gasteiger partial charge in [0.2, 0.25) is 5.91 Å². The van der Waals surface area contributed by atoms with Crippen molar-refractivity contribution in [3.8, 4) is 0 Å². The number of para-hydroxylation sites is 1. The lowest BCUT2D eigenvalue weighted by atomic mass is 10.2. The highest BCUT2D eigenvalue weighted by Crippen LogP contribution is 2.34. The molecule has 1 aromatic carbocycles. The summed E-state index contributed by atoms with van der Waals surface area (Å²) in [4.78, 5) is 15.2. The molecule has 16 heavy (non-hydrogen) atoms. The molecule has 0 fully saturated rings. The summed E-state index contributed by atoms with van der Waals surface area (Å²) in [6.45, 7) is 2.97. The Bertz CT molecular complexity index is 378. The molecular weight excluding hydrogens is 218 g/mol. The predicted octanol–water partition coefficient (Wildman–Crippen LogP) is 3.32. The molecule has 1 heterocycles. The van der Waals surface area contributed by atoms with Crippen LogP contribution in [0, 0.1) is 0 Å². The number of carbonyl (C=O) groups excluding carboxylic acids is 1. The maximum atomic E-state index is 12.0. The number of anilines is 1. The van der Waals surface area contributed by atoms with Crippen LogP contribution in [0.5, 0.6) is 0 Å². The second kappa shape index (κ2) is 5.39. The molecule has 0 spiro atoms. The Morgan fingerprint density at radius 1 is 1.44 bits per heavy atom. The normalized spacial score (nSPS) is 14.7. The van der Waals surface area contributed by atoms with E-state index in [2.05, 4.69) is 13.0 Å². The molecule has 0 aromatic heterocycles. The van der Waals surface area contributed by atoms with Crippen LogP contribution in [-0.4, -0.2) is 18.2 Å². The van der Waals surface area contributed by atoms with Crippen LogP contribution in [0.1, 0.15) is 26.2 Å². The zero-order valence-corrected chi connectivity index (χ0v) is 10.4. The zero-order chi connectivity index (χ0) is 11.4. The third-order valence-corrected chi connectivity index (χ3v) is 3.82. The number of unbranched alkanes of at least 4 members (excludes halogenated alkanes) is 1. The summed E-state index contributed by atoms with van der Waals surface area (Å²) in [6.07, 6.45) is 2.75. The van der Waals surface area contributed by atoms with E-state index in [9.17, 15) is 4.79 Å². The standard InChI is InChI=1S/C13H17NOS/c1-2-3-8-13(15)14-9-10-16-12-7-5-4-6-11(12)14/h4-7H,2-3,8-10H2,1H3. The molecular formula is C13H17NOS. The summed E-state index contributed by atoms with van der Waals surface area (Å²) in [5, 5.41) is 0. The van der Waals surface area contributed by atoms with Crippen molar-refractivity contribution in [3.05, 3.63) is 24.3 Å². The molecule has 3 heteroatoms. The molecule has 2 nitrogen and oxygen atoms in total. The van der Waals surface area contributed by atoms with E-state index in [0.29, 0.717) is 6.42 Å². The van der Waals surface area contributed by atoms with Crippen LogP contribution in [0.3, 0.4) is 0 Å². The Labute approximate surface area is 101 Å². The summed E-state index contributed by atoms with van der Waals surface area (Å²) in [6, 6.07) is 8.18. The third kappa shape index (κ3) is 2.40. The topological polar surface area (TPSA) is 20.3 Å². The summed E-state index contributed by atoms with van der Waals surface area (Å²) in [5.74, 6) is 1.28. The molecule has 0 radical (unpaired) electrons. The van der Waals surface area contributed by atoms with Gasteiger partial charge in [0.25, 0.3) is 0 Å². The number of hydrogen-bond donors (Lipinski definition) is 0. The van der Waals surface area contributed by atoms with Crippen molar-refractivity contribution < 1.29 is 4.79 Å². The van der Waals surface area contributed by atoms with Crippen molar-refractivity contribution in [3.63, 3.8) is 0 Å². The summed E-state index contributed by atoms with van der Waals surface area (Å²) in [7, 11) is 0. The van der Waals surface area contributed by atoms with Gasteiger partial charge in [0, 0.05) is 23.6 Å². The molecule has 0 aliphatic carbocycles. The van der Waals surface area contributed by atoms with Crippen LogP contribution in [-0.2, 0) is 4.79 Å². The summed E-state index contributed by atoms with van der Waals surface area (Å²) >= 11 is 1.84. The van der Waals surface area contributed by atoms with Gasteiger partial charge in [-0.3, -0.25) is 4.79 Å². The highest BCUT2D eigenvalue weighted by atomic mass is 32.2. The van der Waals surface area contributed by atoms with Crippen molar-refractivity contribution in [1.29, 1.82) is 0 Å². The van der Waals surface area contributed by atoms with Crippen LogP contribution in [0.25, 0.3) is 0 Å². The van der Waals surface area contributed by atoms with Gasteiger partial charge in [0.05, 0.1) is 5.69 Å². The lowest BCUT2D eigenvalue weighted by Gasteiger charge is -2.29. The van der Waals surface area contributed by atoms with Crippen LogP contribution >= 0.6 is 11.8 Å². The summed E-state index contributed by atoms with van der Waals surface area (Å²) in [5.41, 5.74) is 1.10. The minimum atomic E-state index is 0.273. The number of nitrogens with zero attached hydrogens (tertiary/aromatic N) is 1. The maximum absolute atomic E-state index is 12.0. The monoisotopic (exact) mass is 235 g/mol. The Morgan fingerprint density at radius 3 is 3.06 bits per heavy atom. The highest BCUT2D eigenvalue weighted by Gasteiger charge is 2.21. The van der Waals surface area contributed by atoms with Crippen molar-refractivity contribution >= 4 is 23.4 Å². The van der Waals surface area contributed by atoms with E-state index in [0.717, 1.165) is 30.8 Å². The number of amides is 1. The Morgan fingerprint density at radius 2 is 2.25 bits per heavy atom. The minimum Gasteiger partial charge on any atom is -0.310 e. The van der Waals surface area contributed by atoms with Crippen molar-refractivity contribution in [2.75, 3.05) is 17.2 Å². The first-order valence-corrected chi connectivity index (χ1v) is 6.83. The summed E-state index contributed by atoms with van der Waals surface area (Å²) < 4.78 is 0. The Hall–Kier alpha value is -0.960. The number of carbonyl (C=O) groups is 1. The van der Waals surface area contributed by atoms with Gasteiger partial charge in [-0.1, -0.05) is 25.5 Å². The second-order valence-electron chi connectivity index (χ2n) is 3.97. The molecule has 2 rings (SSSR count). The SMILES string of the molecule is CCCCC(=O)N1CCSc2ccccc21. The van der Waals surface area contributed by atoms with Gasteiger partial charge < -0.3 is 4.90 Å². The lowest BCUT2D eigenvalue weighted by molar-refractivity contribution is -0.118. The fourth-order valence-corrected chi connectivity index (χ4v) is 2.89. The average molecular weight is 235 g/mol. The first-order valence-electron chi connectivity index (χ1n) is 5.85. The Balaban J connectivity index is 2.15. The third-order valence-electron chi connectivity index (χ3n) is 2.77. The first kappa shape index (κ1) is 11.5. The molecule has 1 aliphatic rings. The van der Waals surface area contributed by atoms with Crippen LogP contribution in [0.4, 0.5) is 5.69 Å². The van der Waals surface area contributed by atoms with Crippen LogP contribution in [0.15, 0.2) is 29.2 Å². The quantitative estimate of drug-likeness (QED) is 0.801. The highest BCUT2D eigenvalue weighted by molar-refractivity contribution is 7.99. The Kier molecular flexibility index (Phi) is 3.88. The van der Waals surface area contributed by atoms with Gasteiger partial charge in [0.15, 0.2) is 0 Å². The smallest absolute Gasteiger partial charge is 0.227 e. The van der Waals surface area contributed by atoms with Gasteiger partial charge in [-0.25, -0.2) is 0 Å². The molecule has 1 aromatic rings. The lowest BCUT2D eigenvalue weighted by Crippen LogP contribution is -2.35. The number of hydrogen-bond acceptors (Lipinski definition) is 2. The van der Waals surface area contributed by atoms with Crippen molar-refractivity contribution in [2.24, 2.45) is 0 Å². The predicted molar refractivity (Wildman–Crippen MR) is 69.0 cm³/mol. The van der Waals surface area contributed by atoms with E-state index >= 15 is 0 Å². The number of benzene rings is 1. The molecule has 0 bridgehead atoms. The molecule has 0 atom stereocenters. The van der Waals surface area contributed by atoms with Crippen molar-refractivity contribution in [2.45, 2.75) is 31.1 Å². The van der Waals surface area contributed by atoms with E-state index < -0.39 is 0 Å². The molecule has 0 saturated heterocycles. The fraction of sp³-hybridized carbons (Fsp3) is 0.462. The van der Waals surface area contributed by atoms with Gasteiger partial charge in [-0.05, 0) is 18.6 Å². The molecule has 0 saturated carbocycles. The number of fused-ring (bicyclic) bond motifs is 1. The molecule has 0 N–H and O–H groups in total. The average Bonchev–Trinajstić information content (AvgIpc) is 2.35. The molecule has 86 valence electrons. The molecule has 1 amide bonds. The second-order valence-corrected chi connectivity index (χ2v) is 5.10. The first-order chi connectivity index (χ1) is 7.83. The maximum Gasteiger partial charge on any atom is 0.227 e. The van der Waals surface area contributed by atoms with Gasteiger partial charge >= 0.3 is 0 Å². The van der Waals surface area contributed by atoms with E-state index in [1.54, 1.807) is 0 Å². The molecule has 0 unspecified atom stereocenters. The largest absolute Gasteiger partial charge is 0.310 e. The van der Waals surface area contributed by atoms with E-state index in [-0.39, 0.29) is 5.91 Å². The number of thioether (sulfide) groups is 1. The minimum absolute atomic E-state index is 0.273. The number of rotatable bonds is 3. The van der Waals surface area contributed by atoms with Gasteiger partial charge in [0.1, 0.15) is 0 Å². The molecule has 1 aliphatic heterocycles. The van der Waals surface area contributed by atoms with Crippen molar-refractivity contribution in [1.82, 2.24) is 0 Å². The van der Waals surface area contributed by atoms with Crippen LogP contribution in [0.2, 0.25) is 0 Å². The zero-order valence-electron chi connectivity index (χ0n) is 9.61. The van der Waals surface area contributed by atoms with E-state index in [4.69, 9.17) is 0 Å². The van der Waals surface area contributed by atoms with Gasteiger partial charge in [-0.15, -0.1) is 11.8 Å². The van der Waals surface area contributed by atoms with E-state index in [1.807, 2.05) is 34.9 Å². The van der Waals surface area contributed by atoms with Crippen LogP contribution < -0.4 is 4.90 Å².